The molecule has 3 nitrogen and oxygen atoms in total. The summed E-state index contributed by atoms with van der Waals surface area (Å²) >= 11 is 9.95. The summed E-state index contributed by atoms with van der Waals surface area (Å²) in [5.74, 6) is 1.03. The first-order valence-electron chi connectivity index (χ1n) is 4.89. The van der Waals surface area contributed by atoms with Crippen LogP contribution in [0.25, 0.3) is 0 Å². The molecular formula is C10H12N3NaS2. The van der Waals surface area contributed by atoms with Gasteiger partial charge in [-0.25, -0.2) is 4.98 Å². The van der Waals surface area contributed by atoms with E-state index in [0.29, 0.717) is 4.32 Å². The molecule has 1 aliphatic heterocycles. The Kier molecular flexibility index (Phi) is 5.92. The van der Waals surface area contributed by atoms with Gasteiger partial charge in [-0.2, -0.15) is 0 Å². The summed E-state index contributed by atoms with van der Waals surface area (Å²) in [7, 11) is 0. The van der Waals surface area contributed by atoms with Crippen molar-refractivity contribution in [1.29, 1.82) is 0 Å². The van der Waals surface area contributed by atoms with Crippen LogP contribution in [-0.2, 0) is 12.6 Å². The largest absolute Gasteiger partial charge is 1.00 e. The van der Waals surface area contributed by atoms with Crippen LogP contribution in [0.5, 0.6) is 0 Å². The molecule has 0 atom stereocenters. The number of aromatic nitrogens is 1. The van der Waals surface area contributed by atoms with Crippen molar-refractivity contribution in [2.45, 2.75) is 0 Å². The quantitative estimate of drug-likeness (QED) is 0.331. The molecule has 0 amide bonds. The third-order valence-corrected chi connectivity index (χ3v) is 3.03. The number of hydrogen-bond acceptors (Lipinski definition) is 4. The normalized spacial score (nSPS) is 15.5. The Hall–Kier alpha value is 0.0600. The molecule has 1 aromatic rings. The molecular weight excluding hydrogens is 249 g/mol. The zero-order valence-electron chi connectivity index (χ0n) is 9.30. The number of thiocarbonyl (C=S) groups is 1. The first kappa shape index (κ1) is 14.1. The van der Waals surface area contributed by atoms with E-state index in [1.54, 1.807) is 0 Å². The maximum Gasteiger partial charge on any atom is 1.00 e. The molecule has 2 rings (SSSR count). The van der Waals surface area contributed by atoms with Gasteiger partial charge in [-0.05, 0) is 12.1 Å². The average molecular weight is 261 g/mol. The second-order valence-electron chi connectivity index (χ2n) is 3.43. The molecule has 2 heterocycles. The van der Waals surface area contributed by atoms with Crippen LogP contribution in [-0.4, -0.2) is 40.4 Å². The third-order valence-electron chi connectivity index (χ3n) is 2.51. The molecule has 1 aliphatic rings. The van der Waals surface area contributed by atoms with E-state index in [1.165, 1.54) is 0 Å². The fourth-order valence-electron chi connectivity index (χ4n) is 1.66. The van der Waals surface area contributed by atoms with Gasteiger partial charge in [0.15, 0.2) is 0 Å². The maximum atomic E-state index is 4.98. The van der Waals surface area contributed by atoms with Crippen molar-refractivity contribution in [2.24, 2.45) is 0 Å². The first-order valence-corrected chi connectivity index (χ1v) is 5.71. The van der Waals surface area contributed by atoms with Gasteiger partial charge in [-0.1, -0.05) is 10.4 Å². The summed E-state index contributed by atoms with van der Waals surface area (Å²) in [6.07, 6.45) is 1.82. The molecule has 80 valence electrons. The Morgan fingerprint density at radius 2 is 1.94 bits per heavy atom. The van der Waals surface area contributed by atoms with Crippen LogP contribution in [0.2, 0.25) is 0 Å². The van der Waals surface area contributed by atoms with E-state index >= 15 is 0 Å². The maximum absolute atomic E-state index is 4.98. The molecule has 0 aliphatic carbocycles. The molecule has 0 saturated carbocycles. The van der Waals surface area contributed by atoms with E-state index in [9.17, 15) is 0 Å². The second-order valence-corrected chi connectivity index (χ2v) is 4.46. The van der Waals surface area contributed by atoms with Crippen molar-refractivity contribution in [2.75, 3.05) is 31.1 Å². The van der Waals surface area contributed by atoms with Gasteiger partial charge in [0.05, 0.1) is 0 Å². The Morgan fingerprint density at radius 3 is 2.44 bits per heavy atom. The monoisotopic (exact) mass is 261 g/mol. The summed E-state index contributed by atoms with van der Waals surface area (Å²) < 4.78 is 0.579. The Morgan fingerprint density at radius 1 is 1.25 bits per heavy atom. The van der Waals surface area contributed by atoms with Crippen LogP contribution in [0.3, 0.4) is 0 Å². The van der Waals surface area contributed by atoms with Crippen molar-refractivity contribution in [3.63, 3.8) is 0 Å². The van der Waals surface area contributed by atoms with Crippen LogP contribution in [0, 0.1) is 0 Å². The van der Waals surface area contributed by atoms with E-state index in [4.69, 9.17) is 24.8 Å². The molecule has 6 heteroatoms. The SMILES string of the molecule is S=C([S-])N1CCN(c2ccccn2)CC1.[Na+]. The molecule has 0 N–H and O–H groups in total. The fourth-order valence-corrected chi connectivity index (χ4v) is 2.02. The predicted octanol–water partition coefficient (Wildman–Crippen LogP) is -1.96. The zero-order valence-corrected chi connectivity index (χ0v) is 12.9. The molecule has 0 spiro atoms. The zero-order chi connectivity index (χ0) is 10.7. The minimum Gasteiger partial charge on any atom is -0.411 e. The van der Waals surface area contributed by atoms with E-state index in [-0.39, 0.29) is 29.6 Å². The van der Waals surface area contributed by atoms with Gasteiger partial charge in [-0.3, -0.25) is 0 Å². The molecule has 1 saturated heterocycles. The molecule has 0 aromatic carbocycles. The Bertz CT molecular complexity index is 339. The van der Waals surface area contributed by atoms with Crippen LogP contribution in [0.15, 0.2) is 24.4 Å². The third kappa shape index (κ3) is 3.53. The minimum absolute atomic E-state index is 0. The molecule has 0 radical (unpaired) electrons. The number of piperazine rings is 1. The van der Waals surface area contributed by atoms with Crippen LogP contribution in [0.1, 0.15) is 0 Å². The minimum atomic E-state index is 0. The summed E-state index contributed by atoms with van der Waals surface area (Å²) in [5.41, 5.74) is 0. The van der Waals surface area contributed by atoms with E-state index in [1.807, 2.05) is 24.4 Å². The van der Waals surface area contributed by atoms with Gasteiger partial charge >= 0.3 is 29.6 Å². The van der Waals surface area contributed by atoms with Crippen LogP contribution < -0.4 is 34.5 Å². The van der Waals surface area contributed by atoms with Crippen molar-refractivity contribution < 1.29 is 29.6 Å². The van der Waals surface area contributed by atoms with E-state index in [0.717, 1.165) is 32.0 Å². The van der Waals surface area contributed by atoms with Gasteiger partial charge in [0, 0.05) is 32.4 Å². The van der Waals surface area contributed by atoms with Crippen LogP contribution >= 0.6 is 12.2 Å². The summed E-state index contributed by atoms with van der Waals surface area (Å²) in [6, 6.07) is 5.96. The Balaban J connectivity index is 0.00000128. The second kappa shape index (κ2) is 6.71. The van der Waals surface area contributed by atoms with Gasteiger partial charge in [0.25, 0.3) is 0 Å². The fraction of sp³-hybridized carbons (Fsp3) is 0.400. The predicted molar refractivity (Wildman–Crippen MR) is 68.0 cm³/mol. The van der Waals surface area contributed by atoms with Crippen LogP contribution in [0.4, 0.5) is 5.82 Å². The number of pyridine rings is 1. The molecule has 1 aromatic heterocycles. The summed E-state index contributed by atoms with van der Waals surface area (Å²) in [5, 5.41) is 0. The standard InChI is InChI=1S/C10H13N3S2.Na/c14-10(15)13-7-5-12(6-8-13)9-3-1-2-4-11-9;/h1-4H,5-8H2,(H,14,15);/q;+1/p-1. The average Bonchev–Trinajstić information content (AvgIpc) is 2.30. The van der Waals surface area contributed by atoms with E-state index in [2.05, 4.69) is 14.8 Å². The topological polar surface area (TPSA) is 19.4 Å². The Labute approximate surface area is 129 Å². The smallest absolute Gasteiger partial charge is 0.411 e. The molecule has 0 unspecified atom stereocenters. The summed E-state index contributed by atoms with van der Waals surface area (Å²) in [4.78, 5) is 8.63. The van der Waals surface area contributed by atoms with Crippen molar-refractivity contribution >= 4 is 35.0 Å². The molecule has 1 fully saturated rings. The molecule has 0 bridgehead atoms. The molecule has 16 heavy (non-hydrogen) atoms. The number of anilines is 1. The number of hydrogen-bond donors (Lipinski definition) is 0. The summed E-state index contributed by atoms with van der Waals surface area (Å²) in [6.45, 7) is 3.68. The van der Waals surface area contributed by atoms with Gasteiger partial charge in [0.1, 0.15) is 5.82 Å². The van der Waals surface area contributed by atoms with Crippen molar-refractivity contribution in [1.82, 2.24) is 9.88 Å². The van der Waals surface area contributed by atoms with Gasteiger partial charge in [-0.15, -0.1) is 0 Å². The van der Waals surface area contributed by atoms with Gasteiger partial charge < -0.3 is 34.6 Å². The number of nitrogens with zero attached hydrogens (tertiary/aromatic N) is 3. The van der Waals surface area contributed by atoms with Crippen molar-refractivity contribution in [3.05, 3.63) is 24.4 Å². The van der Waals surface area contributed by atoms with Crippen molar-refractivity contribution in [3.8, 4) is 0 Å². The van der Waals surface area contributed by atoms with E-state index < -0.39 is 0 Å². The number of rotatable bonds is 1. The van der Waals surface area contributed by atoms with Gasteiger partial charge in [0.2, 0.25) is 0 Å². The first-order chi connectivity index (χ1) is 7.27.